The van der Waals surface area contributed by atoms with Crippen LogP contribution in [0.4, 0.5) is 5.82 Å². The van der Waals surface area contributed by atoms with Crippen molar-refractivity contribution in [3.63, 3.8) is 0 Å². The van der Waals surface area contributed by atoms with Crippen LogP contribution in [-0.4, -0.2) is 54.2 Å². The molecular weight excluding hydrogens is 562 g/mol. The first kappa shape index (κ1) is 25.2. The van der Waals surface area contributed by atoms with Gasteiger partial charge in [0.15, 0.2) is 0 Å². The third kappa shape index (κ3) is 4.67. The van der Waals surface area contributed by atoms with E-state index in [2.05, 4.69) is 36.2 Å². The summed E-state index contributed by atoms with van der Waals surface area (Å²) in [6.07, 6.45) is 7.65. The monoisotopic (exact) mass is 587 g/mol. The van der Waals surface area contributed by atoms with Gasteiger partial charge in [-0.25, -0.2) is 15.0 Å². The maximum atomic E-state index is 13.7. The molecule has 198 valence electrons. The molecule has 0 spiro atoms. The number of amides is 3. The van der Waals surface area contributed by atoms with Crippen LogP contribution in [-0.2, 0) is 16.1 Å². The Hall–Kier alpha value is -4.12. The van der Waals surface area contributed by atoms with Gasteiger partial charge in [-0.05, 0) is 77.9 Å². The van der Waals surface area contributed by atoms with E-state index in [1.54, 1.807) is 46.3 Å². The first-order chi connectivity index (χ1) is 18.8. The van der Waals surface area contributed by atoms with Gasteiger partial charge >= 0.3 is 0 Å². The smallest absolute Gasteiger partial charge is 0.250 e. The Morgan fingerprint density at radius 1 is 1.10 bits per heavy atom. The molecule has 4 aromatic rings. The number of nitrogens with two attached hydrogens (primary N) is 1. The third-order valence-electron chi connectivity index (χ3n) is 7.67. The zero-order chi connectivity index (χ0) is 27.3. The molecule has 1 saturated heterocycles. The van der Waals surface area contributed by atoms with Crippen molar-refractivity contribution in [2.45, 2.75) is 44.8 Å². The van der Waals surface area contributed by atoms with E-state index < -0.39 is 11.9 Å². The van der Waals surface area contributed by atoms with Crippen LogP contribution in [0, 0.1) is 12.8 Å². The number of hydrogen-bond donors (Lipinski definition) is 2. The fraction of sp³-hybridized carbons (Fsp3) is 0.286. The molecule has 1 aliphatic carbocycles. The maximum absolute atomic E-state index is 13.7. The van der Waals surface area contributed by atoms with Crippen LogP contribution in [0.2, 0.25) is 0 Å². The summed E-state index contributed by atoms with van der Waals surface area (Å²) in [5.74, 6) is 0.213. The van der Waals surface area contributed by atoms with E-state index in [1.807, 2.05) is 25.1 Å². The SMILES string of the molecule is Cc1ncc(-c2ccc3c(c2)c(C(N)=O)cn3CC(=O)N2C3CCC(C3)[C@H]2C(=O)Nc2cccc(Br)n2)cn1. The van der Waals surface area contributed by atoms with Crippen molar-refractivity contribution in [2.75, 3.05) is 5.32 Å². The van der Waals surface area contributed by atoms with Gasteiger partial charge in [-0.2, -0.15) is 0 Å². The van der Waals surface area contributed by atoms with Crippen molar-refractivity contribution in [3.05, 3.63) is 71.0 Å². The van der Waals surface area contributed by atoms with Crippen LogP contribution in [0.25, 0.3) is 22.0 Å². The average Bonchev–Trinajstić information content (AvgIpc) is 3.62. The Labute approximate surface area is 232 Å². The van der Waals surface area contributed by atoms with E-state index in [1.165, 1.54) is 0 Å². The van der Waals surface area contributed by atoms with Crippen molar-refractivity contribution < 1.29 is 14.4 Å². The lowest BCUT2D eigenvalue weighted by atomic mass is 9.97. The number of rotatable bonds is 6. The van der Waals surface area contributed by atoms with E-state index in [0.717, 1.165) is 30.4 Å². The normalized spacial score (nSPS) is 19.9. The number of halogens is 1. The van der Waals surface area contributed by atoms with Gasteiger partial charge in [0.05, 0.1) is 5.56 Å². The summed E-state index contributed by atoms with van der Waals surface area (Å²) in [6, 6.07) is 10.4. The van der Waals surface area contributed by atoms with E-state index in [9.17, 15) is 14.4 Å². The number of nitrogens with zero attached hydrogens (tertiary/aromatic N) is 5. The number of pyridine rings is 1. The number of likely N-dealkylation sites (tertiary alicyclic amines) is 1. The van der Waals surface area contributed by atoms with Gasteiger partial charge in [-0.1, -0.05) is 12.1 Å². The molecule has 1 saturated carbocycles. The molecule has 39 heavy (non-hydrogen) atoms. The molecule has 10 nitrogen and oxygen atoms in total. The molecule has 2 aliphatic rings. The van der Waals surface area contributed by atoms with Crippen molar-refractivity contribution in [1.29, 1.82) is 0 Å². The zero-order valence-electron chi connectivity index (χ0n) is 21.2. The quantitative estimate of drug-likeness (QED) is 0.330. The summed E-state index contributed by atoms with van der Waals surface area (Å²) in [5, 5.41) is 3.52. The number of hydrogen-bond acceptors (Lipinski definition) is 6. The summed E-state index contributed by atoms with van der Waals surface area (Å²) >= 11 is 3.32. The number of primary amides is 1. The van der Waals surface area contributed by atoms with Crippen molar-refractivity contribution in [3.8, 4) is 11.1 Å². The lowest BCUT2D eigenvalue weighted by molar-refractivity contribution is -0.141. The number of aromatic nitrogens is 4. The predicted molar refractivity (Wildman–Crippen MR) is 149 cm³/mol. The predicted octanol–water partition coefficient (Wildman–Crippen LogP) is 3.68. The van der Waals surface area contributed by atoms with Crippen LogP contribution in [0.15, 0.2) is 59.6 Å². The minimum Gasteiger partial charge on any atom is -0.366 e. The molecule has 1 aromatic carbocycles. The number of anilines is 1. The molecular formula is C28H26BrN7O3. The maximum Gasteiger partial charge on any atom is 0.250 e. The van der Waals surface area contributed by atoms with Crippen molar-refractivity contribution in [2.24, 2.45) is 11.7 Å². The largest absolute Gasteiger partial charge is 0.366 e. The van der Waals surface area contributed by atoms with E-state index in [-0.39, 0.29) is 30.3 Å². The highest BCUT2D eigenvalue weighted by atomic mass is 79.9. The van der Waals surface area contributed by atoms with Crippen LogP contribution in [0.3, 0.4) is 0 Å². The van der Waals surface area contributed by atoms with Gasteiger partial charge in [0.1, 0.15) is 28.8 Å². The second-order valence-corrected chi connectivity index (χ2v) is 10.9. The molecule has 4 heterocycles. The molecule has 1 aliphatic heterocycles. The lowest BCUT2D eigenvalue weighted by Gasteiger charge is -2.34. The summed E-state index contributed by atoms with van der Waals surface area (Å²) in [5.41, 5.74) is 8.39. The van der Waals surface area contributed by atoms with Crippen molar-refractivity contribution >= 4 is 50.4 Å². The van der Waals surface area contributed by atoms with E-state index in [0.29, 0.717) is 32.7 Å². The molecule has 11 heteroatoms. The topological polar surface area (TPSA) is 136 Å². The average molecular weight is 588 g/mol. The first-order valence-corrected chi connectivity index (χ1v) is 13.5. The summed E-state index contributed by atoms with van der Waals surface area (Å²) < 4.78 is 2.35. The standard InChI is InChI=1S/C28H26BrN7O3/c1-15-31-11-18(12-32-15)16-6-8-22-20(10-16)21(27(30)38)13-35(22)14-25(37)36-19-7-5-17(9-19)26(36)28(39)34-24-4-2-3-23(29)33-24/h2-4,6,8,10-13,17,19,26H,5,7,9,14H2,1H3,(H2,30,38)(H,33,34,39)/t17?,19?,26-/m0/s1. The number of carbonyl (C=O) groups excluding carboxylic acids is 3. The Kier molecular flexibility index (Phi) is 6.38. The second-order valence-electron chi connectivity index (χ2n) is 10.1. The first-order valence-electron chi connectivity index (χ1n) is 12.7. The van der Waals surface area contributed by atoms with E-state index in [4.69, 9.17) is 5.73 Å². The van der Waals surface area contributed by atoms with Gasteiger partial charge < -0.3 is 20.5 Å². The number of carbonyl (C=O) groups is 3. The van der Waals surface area contributed by atoms with Crippen LogP contribution in [0.5, 0.6) is 0 Å². The molecule has 3 amide bonds. The molecule has 3 atom stereocenters. The fourth-order valence-corrected chi connectivity index (χ4v) is 6.28. The molecule has 2 bridgehead atoms. The summed E-state index contributed by atoms with van der Waals surface area (Å²) in [4.78, 5) is 54.0. The Bertz CT molecular complexity index is 1620. The third-order valence-corrected chi connectivity index (χ3v) is 8.12. The number of benzene rings is 1. The molecule has 0 radical (unpaired) electrons. The van der Waals surface area contributed by atoms with Gasteiger partial charge in [0, 0.05) is 41.1 Å². The minimum atomic E-state index is -0.581. The zero-order valence-corrected chi connectivity index (χ0v) is 22.8. The highest BCUT2D eigenvalue weighted by molar-refractivity contribution is 9.10. The van der Waals surface area contributed by atoms with E-state index >= 15 is 0 Å². The lowest BCUT2D eigenvalue weighted by Crippen LogP contribution is -2.51. The summed E-state index contributed by atoms with van der Waals surface area (Å²) in [6.45, 7) is 1.80. The Balaban J connectivity index is 1.29. The fourth-order valence-electron chi connectivity index (χ4n) is 5.94. The molecule has 3 aromatic heterocycles. The van der Waals surface area contributed by atoms with Gasteiger partial charge in [-0.3, -0.25) is 14.4 Å². The Morgan fingerprint density at radius 2 is 1.90 bits per heavy atom. The number of nitrogens with one attached hydrogen (secondary N) is 1. The highest BCUT2D eigenvalue weighted by Gasteiger charge is 2.51. The number of fused-ring (bicyclic) bond motifs is 3. The number of aryl methyl sites for hydroxylation is 1. The minimum absolute atomic E-state index is 0.0132. The van der Waals surface area contributed by atoms with Crippen LogP contribution in [0.1, 0.15) is 35.4 Å². The molecule has 2 fully saturated rings. The number of piperidine rings is 1. The van der Waals surface area contributed by atoms with Crippen LogP contribution >= 0.6 is 15.9 Å². The molecule has 6 rings (SSSR count). The molecule has 2 unspecified atom stereocenters. The Morgan fingerprint density at radius 3 is 2.64 bits per heavy atom. The second kappa shape index (κ2) is 9.88. The van der Waals surface area contributed by atoms with Crippen molar-refractivity contribution in [1.82, 2.24) is 24.4 Å². The molecule has 3 N–H and O–H groups in total. The highest BCUT2D eigenvalue weighted by Crippen LogP contribution is 2.43. The van der Waals surface area contributed by atoms with Crippen LogP contribution < -0.4 is 11.1 Å². The van der Waals surface area contributed by atoms with Gasteiger partial charge in [-0.15, -0.1) is 0 Å². The van der Waals surface area contributed by atoms with Gasteiger partial charge in [0.2, 0.25) is 11.8 Å². The summed E-state index contributed by atoms with van der Waals surface area (Å²) in [7, 11) is 0. The van der Waals surface area contributed by atoms with Gasteiger partial charge in [0.25, 0.3) is 5.91 Å².